The van der Waals surface area contributed by atoms with Crippen molar-refractivity contribution >= 4 is 16.2 Å². The van der Waals surface area contributed by atoms with Crippen molar-refractivity contribution in [2.24, 2.45) is 11.8 Å². The maximum absolute atomic E-state index is 12.2. The van der Waals surface area contributed by atoms with Gasteiger partial charge in [0, 0.05) is 26.1 Å². The summed E-state index contributed by atoms with van der Waals surface area (Å²) in [6.45, 7) is 5.79. The van der Waals surface area contributed by atoms with E-state index in [0.29, 0.717) is 37.9 Å². The SMILES string of the molecule is COC(=O)CCCCCNS(=O)(=O)N1CC(C)CC(C)C1. The smallest absolute Gasteiger partial charge is 0.305 e. The van der Waals surface area contributed by atoms with Gasteiger partial charge in [-0.25, -0.2) is 4.72 Å². The van der Waals surface area contributed by atoms with Gasteiger partial charge in [-0.3, -0.25) is 4.79 Å². The van der Waals surface area contributed by atoms with E-state index in [-0.39, 0.29) is 5.97 Å². The van der Waals surface area contributed by atoms with Crippen LogP contribution in [0.3, 0.4) is 0 Å². The minimum atomic E-state index is -3.37. The molecule has 1 aliphatic rings. The molecule has 124 valence electrons. The van der Waals surface area contributed by atoms with Crippen LogP contribution in [-0.2, 0) is 19.7 Å². The maximum Gasteiger partial charge on any atom is 0.305 e. The van der Waals surface area contributed by atoms with Gasteiger partial charge in [0.2, 0.25) is 0 Å². The van der Waals surface area contributed by atoms with Crippen molar-refractivity contribution in [3.63, 3.8) is 0 Å². The van der Waals surface area contributed by atoms with E-state index in [1.165, 1.54) is 7.11 Å². The first-order valence-corrected chi connectivity index (χ1v) is 9.10. The molecule has 0 aromatic carbocycles. The summed E-state index contributed by atoms with van der Waals surface area (Å²) in [4.78, 5) is 10.9. The molecule has 2 unspecified atom stereocenters. The second-order valence-electron chi connectivity index (χ2n) is 6.05. The van der Waals surface area contributed by atoms with Crippen LogP contribution in [0.1, 0.15) is 46.0 Å². The topological polar surface area (TPSA) is 75.7 Å². The van der Waals surface area contributed by atoms with Gasteiger partial charge in [-0.15, -0.1) is 0 Å². The van der Waals surface area contributed by atoms with Crippen molar-refractivity contribution in [3.8, 4) is 0 Å². The molecule has 0 amide bonds. The van der Waals surface area contributed by atoms with Gasteiger partial charge < -0.3 is 4.74 Å². The van der Waals surface area contributed by atoms with Crippen LogP contribution in [0.2, 0.25) is 0 Å². The number of rotatable bonds is 8. The number of piperidine rings is 1. The summed E-state index contributed by atoms with van der Waals surface area (Å²) in [7, 11) is -1.99. The first-order valence-electron chi connectivity index (χ1n) is 7.66. The molecule has 0 saturated carbocycles. The summed E-state index contributed by atoms with van der Waals surface area (Å²) in [5.41, 5.74) is 0. The lowest BCUT2D eigenvalue weighted by Gasteiger charge is -2.33. The molecule has 0 radical (unpaired) electrons. The predicted octanol–water partition coefficient (Wildman–Crippen LogP) is 1.53. The van der Waals surface area contributed by atoms with Crippen LogP contribution in [0.4, 0.5) is 0 Å². The van der Waals surface area contributed by atoms with Gasteiger partial charge in [0.1, 0.15) is 0 Å². The fraction of sp³-hybridized carbons (Fsp3) is 0.929. The summed E-state index contributed by atoms with van der Waals surface area (Å²) in [5, 5.41) is 0. The van der Waals surface area contributed by atoms with E-state index >= 15 is 0 Å². The average Bonchev–Trinajstić information content (AvgIpc) is 2.41. The molecular formula is C14H28N2O4S. The highest BCUT2D eigenvalue weighted by molar-refractivity contribution is 7.87. The Morgan fingerprint density at radius 2 is 1.81 bits per heavy atom. The highest BCUT2D eigenvalue weighted by Crippen LogP contribution is 2.22. The van der Waals surface area contributed by atoms with Crippen molar-refractivity contribution in [1.29, 1.82) is 0 Å². The zero-order valence-electron chi connectivity index (χ0n) is 13.3. The van der Waals surface area contributed by atoms with E-state index in [1.54, 1.807) is 4.31 Å². The number of nitrogens with one attached hydrogen (secondary N) is 1. The van der Waals surface area contributed by atoms with Gasteiger partial charge in [0.05, 0.1) is 7.11 Å². The van der Waals surface area contributed by atoms with E-state index in [0.717, 1.165) is 25.7 Å². The van der Waals surface area contributed by atoms with Gasteiger partial charge in [0.25, 0.3) is 10.2 Å². The molecule has 21 heavy (non-hydrogen) atoms. The number of hydrogen-bond acceptors (Lipinski definition) is 4. The molecule has 0 bridgehead atoms. The number of carbonyl (C=O) groups excluding carboxylic acids is 1. The van der Waals surface area contributed by atoms with Crippen molar-refractivity contribution in [1.82, 2.24) is 9.03 Å². The molecule has 1 saturated heterocycles. The second-order valence-corrected chi connectivity index (χ2v) is 7.80. The van der Waals surface area contributed by atoms with E-state index in [4.69, 9.17) is 0 Å². The molecule has 0 aromatic heterocycles. The van der Waals surface area contributed by atoms with Gasteiger partial charge >= 0.3 is 5.97 Å². The fourth-order valence-corrected chi connectivity index (χ4v) is 4.25. The number of ether oxygens (including phenoxy) is 1. The molecule has 0 aromatic rings. The third-order valence-electron chi connectivity index (χ3n) is 3.75. The largest absolute Gasteiger partial charge is 0.469 e. The molecule has 1 heterocycles. The van der Waals surface area contributed by atoms with Crippen LogP contribution in [0.5, 0.6) is 0 Å². The fourth-order valence-electron chi connectivity index (χ4n) is 2.77. The number of esters is 1. The minimum Gasteiger partial charge on any atom is -0.469 e. The lowest BCUT2D eigenvalue weighted by atomic mass is 9.94. The van der Waals surface area contributed by atoms with Crippen LogP contribution >= 0.6 is 0 Å². The quantitative estimate of drug-likeness (QED) is 0.543. The molecule has 7 heteroatoms. The summed E-state index contributed by atoms with van der Waals surface area (Å²) in [6, 6.07) is 0. The Balaban J connectivity index is 2.25. The number of hydrogen-bond donors (Lipinski definition) is 1. The Morgan fingerprint density at radius 3 is 2.38 bits per heavy atom. The molecule has 1 N–H and O–H groups in total. The number of methoxy groups -OCH3 is 1. The van der Waals surface area contributed by atoms with Crippen molar-refractivity contribution in [2.75, 3.05) is 26.7 Å². The van der Waals surface area contributed by atoms with E-state index in [2.05, 4.69) is 23.3 Å². The van der Waals surface area contributed by atoms with Crippen LogP contribution in [0, 0.1) is 11.8 Å². The average molecular weight is 320 g/mol. The van der Waals surface area contributed by atoms with E-state index in [1.807, 2.05) is 0 Å². The van der Waals surface area contributed by atoms with Crippen molar-refractivity contribution in [2.45, 2.75) is 46.0 Å². The van der Waals surface area contributed by atoms with Crippen LogP contribution in [-0.4, -0.2) is 45.4 Å². The first-order chi connectivity index (χ1) is 9.85. The van der Waals surface area contributed by atoms with Crippen LogP contribution < -0.4 is 4.72 Å². The molecule has 0 spiro atoms. The highest BCUT2D eigenvalue weighted by atomic mass is 32.2. The predicted molar refractivity (Wildman–Crippen MR) is 81.9 cm³/mol. The zero-order valence-corrected chi connectivity index (χ0v) is 14.1. The molecule has 2 atom stereocenters. The third-order valence-corrected chi connectivity index (χ3v) is 5.29. The maximum atomic E-state index is 12.2. The molecule has 1 aliphatic heterocycles. The number of nitrogens with zero attached hydrogens (tertiary/aromatic N) is 1. The summed E-state index contributed by atoms with van der Waals surface area (Å²) >= 11 is 0. The van der Waals surface area contributed by atoms with Gasteiger partial charge in [0.15, 0.2) is 0 Å². The Bertz CT molecular complexity index is 415. The second kappa shape index (κ2) is 8.70. The zero-order chi connectivity index (χ0) is 15.9. The normalized spacial score (nSPS) is 24.0. The number of carbonyl (C=O) groups is 1. The lowest BCUT2D eigenvalue weighted by Crippen LogP contribution is -2.48. The molecular weight excluding hydrogens is 292 g/mol. The Kier molecular flexibility index (Phi) is 7.62. The standard InChI is InChI=1S/C14H28N2O4S/c1-12-9-13(2)11-16(10-12)21(18,19)15-8-6-4-5-7-14(17)20-3/h12-13,15H,4-11H2,1-3H3. The highest BCUT2D eigenvalue weighted by Gasteiger charge is 2.29. The monoisotopic (exact) mass is 320 g/mol. The van der Waals surface area contributed by atoms with Gasteiger partial charge in [-0.05, 0) is 31.1 Å². The summed E-state index contributed by atoms with van der Waals surface area (Å²) in [6.07, 6.45) is 3.75. The van der Waals surface area contributed by atoms with E-state index in [9.17, 15) is 13.2 Å². The third kappa shape index (κ3) is 6.76. The molecule has 1 rings (SSSR count). The Hall–Kier alpha value is -0.660. The van der Waals surface area contributed by atoms with Crippen LogP contribution in [0.15, 0.2) is 0 Å². The summed E-state index contributed by atoms with van der Waals surface area (Å²) < 4.78 is 33.2. The van der Waals surface area contributed by atoms with Crippen LogP contribution in [0.25, 0.3) is 0 Å². The van der Waals surface area contributed by atoms with Crippen molar-refractivity contribution < 1.29 is 17.9 Å². The lowest BCUT2D eigenvalue weighted by molar-refractivity contribution is -0.140. The Labute approximate surface area is 128 Å². The van der Waals surface area contributed by atoms with Gasteiger partial charge in [-0.2, -0.15) is 12.7 Å². The Morgan fingerprint density at radius 1 is 1.19 bits per heavy atom. The van der Waals surface area contributed by atoms with Crippen molar-refractivity contribution in [3.05, 3.63) is 0 Å². The number of unbranched alkanes of at least 4 members (excludes halogenated alkanes) is 2. The molecule has 0 aliphatic carbocycles. The summed E-state index contributed by atoms with van der Waals surface area (Å²) in [5.74, 6) is 0.600. The van der Waals surface area contributed by atoms with Gasteiger partial charge in [-0.1, -0.05) is 20.3 Å². The van der Waals surface area contributed by atoms with E-state index < -0.39 is 10.2 Å². The molecule has 6 nitrogen and oxygen atoms in total. The minimum absolute atomic E-state index is 0.216. The molecule has 1 fully saturated rings. The first kappa shape index (κ1) is 18.4.